The predicted octanol–water partition coefficient (Wildman–Crippen LogP) is 7.72. The second-order valence-corrected chi connectivity index (χ2v) is 9.80. The SMILES string of the molecule is CCCCCCCCCCNc1ccc(Oc2ccnc3c2SCC(C)(C)N3)cc1. The summed E-state index contributed by atoms with van der Waals surface area (Å²) in [6, 6.07) is 10.2. The molecule has 1 aromatic carbocycles. The minimum Gasteiger partial charge on any atom is -0.456 e. The van der Waals surface area contributed by atoms with E-state index in [2.05, 4.69) is 48.5 Å². The summed E-state index contributed by atoms with van der Waals surface area (Å²) in [6.07, 6.45) is 12.6. The highest BCUT2D eigenvalue weighted by Crippen LogP contribution is 2.42. The van der Waals surface area contributed by atoms with Crippen molar-refractivity contribution in [1.29, 1.82) is 0 Å². The number of fused-ring (bicyclic) bond motifs is 1. The Hall–Kier alpha value is -1.88. The van der Waals surface area contributed by atoms with Crippen LogP contribution in [0.1, 0.15) is 72.1 Å². The molecule has 0 bridgehead atoms. The molecule has 5 heteroatoms. The first-order valence-electron chi connectivity index (χ1n) is 11.5. The fourth-order valence-electron chi connectivity index (χ4n) is 3.61. The molecule has 1 aliphatic rings. The van der Waals surface area contributed by atoms with Gasteiger partial charge < -0.3 is 15.4 Å². The zero-order chi connectivity index (χ0) is 21.2. The maximum atomic E-state index is 6.17. The van der Waals surface area contributed by atoms with Crippen LogP contribution in [-0.2, 0) is 0 Å². The van der Waals surface area contributed by atoms with Gasteiger partial charge in [-0.15, -0.1) is 11.8 Å². The van der Waals surface area contributed by atoms with Crippen molar-refractivity contribution in [3.63, 3.8) is 0 Å². The molecule has 0 fully saturated rings. The normalized spacial score (nSPS) is 14.6. The van der Waals surface area contributed by atoms with Gasteiger partial charge in [-0.3, -0.25) is 0 Å². The predicted molar refractivity (Wildman–Crippen MR) is 130 cm³/mol. The molecule has 2 heterocycles. The molecule has 0 saturated carbocycles. The van der Waals surface area contributed by atoms with Crippen molar-refractivity contribution < 1.29 is 4.74 Å². The monoisotopic (exact) mass is 427 g/mol. The Morgan fingerprint density at radius 1 is 1.00 bits per heavy atom. The zero-order valence-corrected chi connectivity index (χ0v) is 19.6. The second-order valence-electron chi connectivity index (χ2n) is 8.81. The summed E-state index contributed by atoms with van der Waals surface area (Å²) in [5.41, 5.74) is 1.20. The Kier molecular flexibility index (Phi) is 8.74. The summed E-state index contributed by atoms with van der Waals surface area (Å²) in [5.74, 6) is 3.63. The molecule has 0 radical (unpaired) electrons. The van der Waals surface area contributed by atoms with Gasteiger partial charge in [0, 0.05) is 35.8 Å². The molecular weight excluding hydrogens is 390 g/mol. The number of aromatic nitrogens is 1. The van der Waals surface area contributed by atoms with Crippen LogP contribution in [0.4, 0.5) is 11.5 Å². The van der Waals surface area contributed by atoms with E-state index in [0.29, 0.717) is 0 Å². The van der Waals surface area contributed by atoms with Crippen molar-refractivity contribution in [2.75, 3.05) is 22.9 Å². The lowest BCUT2D eigenvalue weighted by Gasteiger charge is -2.32. The smallest absolute Gasteiger partial charge is 0.146 e. The minimum atomic E-state index is 0.0473. The second kappa shape index (κ2) is 11.5. The summed E-state index contributed by atoms with van der Waals surface area (Å²) < 4.78 is 6.17. The summed E-state index contributed by atoms with van der Waals surface area (Å²) in [7, 11) is 0. The molecular formula is C25H37N3OS. The fourth-order valence-corrected chi connectivity index (χ4v) is 4.68. The van der Waals surface area contributed by atoms with Crippen LogP contribution >= 0.6 is 11.8 Å². The van der Waals surface area contributed by atoms with E-state index in [-0.39, 0.29) is 5.54 Å². The average molecular weight is 428 g/mol. The van der Waals surface area contributed by atoms with Crippen LogP contribution in [0.3, 0.4) is 0 Å². The van der Waals surface area contributed by atoms with Crippen LogP contribution in [0, 0.1) is 0 Å². The average Bonchev–Trinajstić information content (AvgIpc) is 2.73. The molecule has 4 nitrogen and oxygen atoms in total. The topological polar surface area (TPSA) is 46.2 Å². The Labute approximate surface area is 186 Å². The van der Waals surface area contributed by atoms with Gasteiger partial charge in [0.25, 0.3) is 0 Å². The zero-order valence-electron chi connectivity index (χ0n) is 18.8. The number of hydrogen-bond donors (Lipinski definition) is 2. The van der Waals surface area contributed by atoms with E-state index in [1.54, 1.807) is 11.8 Å². The molecule has 0 spiro atoms. The molecule has 0 atom stereocenters. The minimum absolute atomic E-state index is 0.0473. The van der Waals surface area contributed by atoms with Crippen molar-refractivity contribution in [2.24, 2.45) is 0 Å². The number of benzene rings is 1. The summed E-state index contributed by atoms with van der Waals surface area (Å²) in [5, 5.41) is 7.03. The number of thioether (sulfide) groups is 1. The lowest BCUT2D eigenvalue weighted by atomic mass is 10.1. The van der Waals surface area contributed by atoms with Crippen LogP contribution in [-0.4, -0.2) is 22.8 Å². The molecule has 30 heavy (non-hydrogen) atoms. The number of ether oxygens (including phenoxy) is 1. The highest BCUT2D eigenvalue weighted by molar-refractivity contribution is 7.99. The molecule has 0 unspecified atom stereocenters. The van der Waals surface area contributed by atoms with Gasteiger partial charge in [0.05, 0.1) is 4.90 Å². The number of anilines is 2. The van der Waals surface area contributed by atoms with Crippen LogP contribution < -0.4 is 15.4 Å². The van der Waals surface area contributed by atoms with Crippen molar-refractivity contribution in [1.82, 2.24) is 4.98 Å². The van der Waals surface area contributed by atoms with Crippen molar-refractivity contribution in [2.45, 2.75) is 82.6 Å². The van der Waals surface area contributed by atoms with Crippen LogP contribution in [0.25, 0.3) is 0 Å². The van der Waals surface area contributed by atoms with Gasteiger partial charge in [0.15, 0.2) is 0 Å². The van der Waals surface area contributed by atoms with Gasteiger partial charge in [-0.05, 0) is 44.5 Å². The van der Waals surface area contributed by atoms with Gasteiger partial charge in [-0.1, -0.05) is 51.9 Å². The summed E-state index contributed by atoms with van der Waals surface area (Å²) >= 11 is 1.81. The number of hydrogen-bond acceptors (Lipinski definition) is 5. The van der Waals surface area contributed by atoms with Crippen molar-refractivity contribution >= 4 is 23.3 Å². The largest absolute Gasteiger partial charge is 0.456 e. The molecule has 0 amide bonds. The van der Waals surface area contributed by atoms with E-state index in [9.17, 15) is 0 Å². The maximum Gasteiger partial charge on any atom is 0.146 e. The third-order valence-corrected chi connectivity index (χ3v) is 6.89. The highest BCUT2D eigenvalue weighted by Gasteiger charge is 2.28. The maximum absolute atomic E-state index is 6.17. The number of nitrogens with zero attached hydrogens (tertiary/aromatic N) is 1. The number of pyridine rings is 1. The summed E-state index contributed by atoms with van der Waals surface area (Å²) in [4.78, 5) is 5.57. The Morgan fingerprint density at radius 3 is 2.43 bits per heavy atom. The highest BCUT2D eigenvalue weighted by atomic mass is 32.2. The molecule has 2 aromatic rings. The third kappa shape index (κ3) is 7.12. The molecule has 0 saturated heterocycles. The van der Waals surface area contributed by atoms with Gasteiger partial charge in [-0.25, -0.2) is 4.98 Å². The molecule has 0 aliphatic carbocycles. The first-order chi connectivity index (χ1) is 14.6. The van der Waals surface area contributed by atoms with Gasteiger partial charge >= 0.3 is 0 Å². The third-order valence-electron chi connectivity index (χ3n) is 5.34. The van der Waals surface area contributed by atoms with Crippen LogP contribution in [0.5, 0.6) is 11.5 Å². The Morgan fingerprint density at radius 2 is 1.70 bits per heavy atom. The standard InChI is InChI=1S/C25H37N3OS/c1-4-5-6-7-8-9-10-11-17-26-20-12-14-21(15-13-20)29-22-16-18-27-24-23(22)30-19-25(2,3)28-24/h12-16,18,26H,4-11,17,19H2,1-3H3,(H,27,28). The van der Waals surface area contributed by atoms with Crippen LogP contribution in [0.15, 0.2) is 41.4 Å². The molecule has 1 aliphatic heterocycles. The lowest BCUT2D eigenvalue weighted by molar-refractivity contribution is 0.468. The molecule has 3 rings (SSSR count). The fraction of sp³-hybridized carbons (Fsp3) is 0.560. The number of unbranched alkanes of at least 4 members (excludes halogenated alkanes) is 7. The van der Waals surface area contributed by atoms with E-state index < -0.39 is 0 Å². The quantitative estimate of drug-likeness (QED) is 0.339. The Bertz CT molecular complexity index is 776. The molecule has 1 aromatic heterocycles. The van der Waals surface area contributed by atoms with Gasteiger partial charge in [-0.2, -0.15) is 0 Å². The summed E-state index contributed by atoms with van der Waals surface area (Å²) in [6.45, 7) is 7.69. The van der Waals surface area contributed by atoms with E-state index in [0.717, 1.165) is 40.2 Å². The molecule has 2 N–H and O–H groups in total. The number of nitrogens with one attached hydrogen (secondary N) is 2. The van der Waals surface area contributed by atoms with E-state index in [4.69, 9.17) is 4.74 Å². The molecule has 164 valence electrons. The van der Waals surface area contributed by atoms with E-state index in [1.807, 2.05) is 24.4 Å². The van der Waals surface area contributed by atoms with Crippen molar-refractivity contribution in [3.8, 4) is 11.5 Å². The Balaban J connectivity index is 1.41. The van der Waals surface area contributed by atoms with Crippen molar-refractivity contribution in [3.05, 3.63) is 36.5 Å². The van der Waals surface area contributed by atoms with Gasteiger partial charge in [0.1, 0.15) is 17.3 Å². The van der Waals surface area contributed by atoms with Crippen LogP contribution in [0.2, 0.25) is 0 Å². The number of rotatable bonds is 12. The van der Waals surface area contributed by atoms with Gasteiger partial charge in [0.2, 0.25) is 0 Å². The lowest BCUT2D eigenvalue weighted by Crippen LogP contribution is -2.36. The van der Waals surface area contributed by atoms with E-state index >= 15 is 0 Å². The first-order valence-corrected chi connectivity index (χ1v) is 12.5. The first kappa shape index (κ1) is 22.8. The van der Waals surface area contributed by atoms with E-state index in [1.165, 1.54) is 51.4 Å².